The third-order valence-electron chi connectivity index (χ3n) is 5.83. The molecule has 3 heterocycles. The first-order valence-electron chi connectivity index (χ1n) is 10.3. The summed E-state index contributed by atoms with van der Waals surface area (Å²) >= 11 is 0. The van der Waals surface area contributed by atoms with Crippen LogP contribution < -0.4 is 10.6 Å². The molecule has 2 aliphatic heterocycles. The molecule has 1 unspecified atom stereocenters. The molecule has 0 radical (unpaired) electrons. The quantitative estimate of drug-likeness (QED) is 0.782. The molecule has 0 aliphatic carbocycles. The second-order valence-corrected chi connectivity index (χ2v) is 8.02. The molecule has 8 nitrogen and oxygen atoms in total. The van der Waals surface area contributed by atoms with Crippen LogP contribution >= 0.6 is 0 Å². The van der Waals surface area contributed by atoms with Gasteiger partial charge in [-0.25, -0.2) is 0 Å². The number of carbonyl (C=O) groups is 2. The SMILES string of the molecule is Cc1ccc(C)c(CN2CCc3nnc(CNC(=O)C4CCC(=O)N4)n3CC2)c1. The van der Waals surface area contributed by atoms with Crippen LogP contribution in [0.2, 0.25) is 0 Å². The summed E-state index contributed by atoms with van der Waals surface area (Å²) < 4.78 is 2.12. The molecule has 2 aromatic rings. The zero-order valence-electron chi connectivity index (χ0n) is 17.1. The summed E-state index contributed by atoms with van der Waals surface area (Å²) in [5, 5.41) is 14.2. The number of hydrogen-bond acceptors (Lipinski definition) is 5. The van der Waals surface area contributed by atoms with Crippen molar-refractivity contribution in [3.05, 3.63) is 46.5 Å². The molecule has 0 spiro atoms. The zero-order valence-corrected chi connectivity index (χ0v) is 17.1. The fourth-order valence-corrected chi connectivity index (χ4v) is 4.03. The Labute approximate surface area is 170 Å². The molecule has 2 amide bonds. The number of aromatic nitrogens is 3. The molecule has 0 bridgehead atoms. The van der Waals surface area contributed by atoms with E-state index >= 15 is 0 Å². The summed E-state index contributed by atoms with van der Waals surface area (Å²) in [5.41, 5.74) is 3.98. The van der Waals surface area contributed by atoms with Crippen LogP contribution in [0.15, 0.2) is 18.2 Å². The van der Waals surface area contributed by atoms with E-state index in [-0.39, 0.29) is 11.8 Å². The highest BCUT2D eigenvalue weighted by Crippen LogP contribution is 2.16. The summed E-state index contributed by atoms with van der Waals surface area (Å²) in [6.45, 7) is 8.20. The van der Waals surface area contributed by atoms with Crippen LogP contribution in [0.25, 0.3) is 0 Å². The smallest absolute Gasteiger partial charge is 0.242 e. The van der Waals surface area contributed by atoms with Gasteiger partial charge in [-0.3, -0.25) is 14.5 Å². The Bertz CT molecular complexity index is 922. The van der Waals surface area contributed by atoms with E-state index < -0.39 is 6.04 Å². The Balaban J connectivity index is 1.36. The zero-order chi connectivity index (χ0) is 20.4. The van der Waals surface area contributed by atoms with Gasteiger partial charge in [0, 0.05) is 39.0 Å². The summed E-state index contributed by atoms with van der Waals surface area (Å²) in [7, 11) is 0. The Morgan fingerprint density at radius 3 is 2.86 bits per heavy atom. The Hall–Kier alpha value is -2.74. The van der Waals surface area contributed by atoms with Gasteiger partial charge in [-0.15, -0.1) is 10.2 Å². The molecule has 4 rings (SSSR count). The third kappa shape index (κ3) is 4.48. The Morgan fingerprint density at radius 1 is 1.21 bits per heavy atom. The van der Waals surface area contributed by atoms with Gasteiger partial charge in [-0.05, 0) is 31.4 Å². The average Bonchev–Trinajstić information content (AvgIpc) is 3.25. The van der Waals surface area contributed by atoms with Crippen LogP contribution in [0, 0.1) is 13.8 Å². The molecule has 1 aromatic heterocycles. The minimum Gasteiger partial charge on any atom is -0.347 e. The third-order valence-corrected chi connectivity index (χ3v) is 5.83. The van der Waals surface area contributed by atoms with Crippen LogP contribution in [0.5, 0.6) is 0 Å². The number of amides is 2. The molecular weight excluding hydrogens is 368 g/mol. The van der Waals surface area contributed by atoms with E-state index in [2.05, 4.69) is 62.3 Å². The fourth-order valence-electron chi connectivity index (χ4n) is 4.03. The van der Waals surface area contributed by atoms with Crippen LogP contribution in [-0.2, 0) is 35.6 Å². The number of hydrogen-bond donors (Lipinski definition) is 2. The topological polar surface area (TPSA) is 92.2 Å². The highest BCUT2D eigenvalue weighted by molar-refractivity contribution is 5.90. The molecule has 2 N–H and O–H groups in total. The van der Waals surface area contributed by atoms with Crippen LogP contribution in [-0.4, -0.2) is 50.6 Å². The summed E-state index contributed by atoms with van der Waals surface area (Å²) in [6.07, 6.45) is 1.80. The maximum absolute atomic E-state index is 12.2. The summed E-state index contributed by atoms with van der Waals surface area (Å²) in [6, 6.07) is 6.18. The van der Waals surface area contributed by atoms with E-state index in [1.807, 2.05) is 0 Å². The second-order valence-electron chi connectivity index (χ2n) is 8.02. The summed E-state index contributed by atoms with van der Waals surface area (Å²) in [5.74, 6) is 1.52. The van der Waals surface area contributed by atoms with Gasteiger partial charge in [0.25, 0.3) is 0 Å². The van der Waals surface area contributed by atoms with E-state index in [0.717, 1.165) is 44.2 Å². The molecule has 0 saturated carbocycles. The summed E-state index contributed by atoms with van der Waals surface area (Å²) in [4.78, 5) is 26.0. The number of nitrogens with one attached hydrogen (secondary N) is 2. The second kappa shape index (κ2) is 8.32. The molecule has 154 valence electrons. The van der Waals surface area contributed by atoms with E-state index in [1.165, 1.54) is 16.7 Å². The molecule has 1 atom stereocenters. The van der Waals surface area contributed by atoms with E-state index in [4.69, 9.17) is 0 Å². The van der Waals surface area contributed by atoms with Crippen molar-refractivity contribution in [1.82, 2.24) is 30.3 Å². The maximum Gasteiger partial charge on any atom is 0.242 e. The highest BCUT2D eigenvalue weighted by Gasteiger charge is 2.27. The predicted octanol–water partition coefficient (Wildman–Crippen LogP) is 0.848. The van der Waals surface area contributed by atoms with Gasteiger partial charge in [-0.2, -0.15) is 0 Å². The molecule has 8 heteroatoms. The van der Waals surface area contributed by atoms with Gasteiger partial charge in [-0.1, -0.05) is 23.8 Å². The van der Waals surface area contributed by atoms with Crippen molar-refractivity contribution in [3.63, 3.8) is 0 Å². The number of fused-ring (bicyclic) bond motifs is 1. The molecular formula is C21H28N6O2. The van der Waals surface area contributed by atoms with Crippen LogP contribution in [0.3, 0.4) is 0 Å². The fraction of sp³-hybridized carbons (Fsp3) is 0.524. The van der Waals surface area contributed by atoms with Crippen molar-refractivity contribution in [2.75, 3.05) is 13.1 Å². The van der Waals surface area contributed by atoms with E-state index in [9.17, 15) is 9.59 Å². The molecule has 1 fully saturated rings. The lowest BCUT2D eigenvalue weighted by molar-refractivity contribution is -0.125. The predicted molar refractivity (Wildman–Crippen MR) is 108 cm³/mol. The lowest BCUT2D eigenvalue weighted by Crippen LogP contribution is -2.41. The standard InChI is InChI=1S/C21H28N6O2/c1-14-3-4-15(2)16(11-14)13-26-8-7-18-24-25-19(27(18)10-9-26)12-22-21(29)17-5-6-20(28)23-17/h3-4,11,17H,5-10,12-13H2,1-2H3,(H,22,29)(H,23,28). The lowest BCUT2D eigenvalue weighted by Gasteiger charge is -2.21. The van der Waals surface area contributed by atoms with Crippen molar-refractivity contribution in [3.8, 4) is 0 Å². The number of rotatable bonds is 5. The number of carbonyl (C=O) groups excluding carboxylic acids is 2. The van der Waals surface area contributed by atoms with Gasteiger partial charge in [0.1, 0.15) is 11.9 Å². The Kier molecular flexibility index (Phi) is 5.62. The maximum atomic E-state index is 12.2. The lowest BCUT2D eigenvalue weighted by atomic mass is 10.1. The average molecular weight is 396 g/mol. The Morgan fingerprint density at radius 2 is 2.07 bits per heavy atom. The first-order chi connectivity index (χ1) is 14.0. The normalized spacial score (nSPS) is 19.5. The molecule has 1 saturated heterocycles. The first-order valence-corrected chi connectivity index (χ1v) is 10.3. The first kappa shape index (κ1) is 19.6. The largest absolute Gasteiger partial charge is 0.347 e. The van der Waals surface area contributed by atoms with Gasteiger partial charge < -0.3 is 15.2 Å². The van der Waals surface area contributed by atoms with Gasteiger partial charge in [0.05, 0.1) is 6.54 Å². The van der Waals surface area contributed by atoms with Crippen molar-refractivity contribution < 1.29 is 9.59 Å². The highest BCUT2D eigenvalue weighted by atomic mass is 16.2. The number of nitrogens with zero attached hydrogens (tertiary/aromatic N) is 4. The molecule has 1 aromatic carbocycles. The minimum atomic E-state index is -0.429. The van der Waals surface area contributed by atoms with Crippen molar-refractivity contribution in [2.45, 2.75) is 58.8 Å². The van der Waals surface area contributed by atoms with Crippen molar-refractivity contribution in [1.29, 1.82) is 0 Å². The minimum absolute atomic E-state index is 0.0644. The van der Waals surface area contributed by atoms with E-state index in [0.29, 0.717) is 19.4 Å². The number of aryl methyl sites for hydroxylation is 2. The number of benzene rings is 1. The van der Waals surface area contributed by atoms with Gasteiger partial charge in [0.2, 0.25) is 11.8 Å². The molecule has 29 heavy (non-hydrogen) atoms. The monoisotopic (exact) mass is 396 g/mol. The van der Waals surface area contributed by atoms with Crippen molar-refractivity contribution in [2.24, 2.45) is 0 Å². The van der Waals surface area contributed by atoms with Gasteiger partial charge >= 0.3 is 0 Å². The van der Waals surface area contributed by atoms with Crippen molar-refractivity contribution >= 4 is 11.8 Å². The van der Waals surface area contributed by atoms with Crippen LogP contribution in [0.1, 0.15) is 41.2 Å². The van der Waals surface area contributed by atoms with Crippen LogP contribution in [0.4, 0.5) is 0 Å². The molecule has 2 aliphatic rings. The van der Waals surface area contributed by atoms with Gasteiger partial charge in [0.15, 0.2) is 5.82 Å². The van der Waals surface area contributed by atoms with E-state index in [1.54, 1.807) is 0 Å².